The zero-order valence-electron chi connectivity index (χ0n) is 13.5. The number of amides is 1. The van der Waals surface area contributed by atoms with Crippen molar-refractivity contribution >= 4 is 11.6 Å². The fraction of sp³-hybridized carbons (Fsp3) is 0.562. The van der Waals surface area contributed by atoms with Crippen LogP contribution < -0.4 is 20.5 Å². The van der Waals surface area contributed by atoms with Crippen LogP contribution in [-0.4, -0.2) is 25.7 Å². The van der Waals surface area contributed by atoms with Gasteiger partial charge in [-0.1, -0.05) is 20.8 Å². The predicted octanol–water partition coefficient (Wildman–Crippen LogP) is 2.80. The zero-order valence-corrected chi connectivity index (χ0v) is 13.5. The van der Waals surface area contributed by atoms with Gasteiger partial charge in [-0.3, -0.25) is 4.79 Å². The van der Waals surface area contributed by atoms with Crippen molar-refractivity contribution in [1.82, 2.24) is 0 Å². The number of carbonyl (C=O) groups is 1. The summed E-state index contributed by atoms with van der Waals surface area (Å²) < 4.78 is 10.7. The van der Waals surface area contributed by atoms with Crippen LogP contribution in [-0.2, 0) is 4.79 Å². The number of hydrogen-bond donors (Lipinski definition) is 2. The maximum Gasteiger partial charge on any atom is 0.225 e. The molecule has 0 aliphatic carbocycles. The van der Waals surface area contributed by atoms with Gasteiger partial charge in [0, 0.05) is 24.2 Å². The first-order chi connectivity index (χ1) is 9.77. The van der Waals surface area contributed by atoms with E-state index < -0.39 is 0 Å². The fourth-order valence-electron chi connectivity index (χ4n) is 1.74. The molecular formula is C16H26N2O3. The topological polar surface area (TPSA) is 73.6 Å². The van der Waals surface area contributed by atoms with E-state index in [0.29, 0.717) is 23.8 Å². The molecule has 0 bridgehead atoms. The van der Waals surface area contributed by atoms with Gasteiger partial charge in [-0.05, 0) is 24.5 Å². The lowest BCUT2D eigenvalue weighted by Crippen LogP contribution is -2.38. The molecule has 21 heavy (non-hydrogen) atoms. The Morgan fingerprint density at radius 3 is 2.52 bits per heavy atom. The quantitative estimate of drug-likeness (QED) is 0.846. The highest BCUT2D eigenvalue weighted by Gasteiger charge is 2.23. The van der Waals surface area contributed by atoms with Gasteiger partial charge in [0.2, 0.25) is 5.91 Å². The second-order valence-electron chi connectivity index (χ2n) is 6.02. The van der Waals surface area contributed by atoms with Crippen LogP contribution in [0.3, 0.4) is 0 Å². The Morgan fingerprint density at radius 2 is 2.00 bits per heavy atom. The predicted molar refractivity (Wildman–Crippen MR) is 84.8 cm³/mol. The highest BCUT2D eigenvalue weighted by Crippen LogP contribution is 2.30. The first kappa shape index (κ1) is 17.3. The molecule has 118 valence electrons. The summed E-state index contributed by atoms with van der Waals surface area (Å²) in [6.45, 7) is 8.48. The minimum absolute atomic E-state index is 0.103. The molecule has 5 nitrogen and oxygen atoms in total. The number of carbonyl (C=O) groups excluding carboxylic acids is 1. The zero-order chi connectivity index (χ0) is 16.0. The van der Waals surface area contributed by atoms with Crippen LogP contribution >= 0.6 is 0 Å². The molecule has 1 rings (SSSR count). The summed E-state index contributed by atoms with van der Waals surface area (Å²) in [7, 11) is 1.58. The van der Waals surface area contributed by atoms with Crippen LogP contribution in [0, 0.1) is 5.41 Å². The van der Waals surface area contributed by atoms with E-state index >= 15 is 0 Å². The molecule has 0 aliphatic rings. The first-order valence-corrected chi connectivity index (χ1v) is 7.14. The summed E-state index contributed by atoms with van der Waals surface area (Å²) >= 11 is 0. The van der Waals surface area contributed by atoms with E-state index in [1.54, 1.807) is 25.3 Å². The lowest BCUT2D eigenvalue weighted by Gasteiger charge is -2.26. The van der Waals surface area contributed by atoms with E-state index in [9.17, 15) is 4.79 Å². The molecule has 0 spiro atoms. The van der Waals surface area contributed by atoms with Gasteiger partial charge in [-0.25, -0.2) is 0 Å². The van der Waals surface area contributed by atoms with E-state index in [1.165, 1.54) is 0 Å². The van der Waals surface area contributed by atoms with Crippen LogP contribution in [0.5, 0.6) is 11.5 Å². The van der Waals surface area contributed by atoms with Crippen LogP contribution in [0.4, 0.5) is 5.69 Å². The molecule has 0 fully saturated rings. The summed E-state index contributed by atoms with van der Waals surface area (Å²) in [6.07, 6.45) is 0.277. The molecule has 1 atom stereocenters. The molecule has 1 aromatic rings. The van der Waals surface area contributed by atoms with Gasteiger partial charge >= 0.3 is 0 Å². The third kappa shape index (κ3) is 5.27. The second-order valence-corrected chi connectivity index (χ2v) is 6.02. The van der Waals surface area contributed by atoms with E-state index in [1.807, 2.05) is 27.7 Å². The third-order valence-corrected chi connectivity index (χ3v) is 3.26. The van der Waals surface area contributed by atoms with Crippen molar-refractivity contribution in [1.29, 1.82) is 0 Å². The lowest BCUT2D eigenvalue weighted by molar-refractivity contribution is -0.117. The van der Waals surface area contributed by atoms with E-state index in [2.05, 4.69) is 5.32 Å². The van der Waals surface area contributed by atoms with Crippen molar-refractivity contribution in [3.63, 3.8) is 0 Å². The molecule has 5 heteroatoms. The number of nitrogens with two attached hydrogens (primary N) is 1. The van der Waals surface area contributed by atoms with Crippen molar-refractivity contribution in [3.05, 3.63) is 18.2 Å². The average Bonchev–Trinajstić information content (AvgIpc) is 2.38. The van der Waals surface area contributed by atoms with Gasteiger partial charge < -0.3 is 20.5 Å². The highest BCUT2D eigenvalue weighted by atomic mass is 16.5. The first-order valence-electron chi connectivity index (χ1n) is 7.14. The molecule has 0 heterocycles. The van der Waals surface area contributed by atoms with Gasteiger partial charge in [0.25, 0.3) is 0 Å². The average molecular weight is 294 g/mol. The third-order valence-electron chi connectivity index (χ3n) is 3.26. The molecule has 0 saturated heterocycles. The van der Waals surface area contributed by atoms with Crippen LogP contribution in [0.25, 0.3) is 0 Å². The number of hydrogen-bond acceptors (Lipinski definition) is 4. The van der Waals surface area contributed by atoms with Crippen LogP contribution in [0.2, 0.25) is 0 Å². The van der Waals surface area contributed by atoms with Crippen molar-refractivity contribution in [2.24, 2.45) is 11.1 Å². The van der Waals surface area contributed by atoms with Gasteiger partial charge in [0.15, 0.2) is 11.5 Å². The minimum atomic E-state index is -0.192. The van der Waals surface area contributed by atoms with Gasteiger partial charge in [-0.15, -0.1) is 0 Å². The number of rotatable bonds is 6. The highest BCUT2D eigenvalue weighted by molar-refractivity contribution is 5.91. The summed E-state index contributed by atoms with van der Waals surface area (Å²) in [5, 5.41) is 2.84. The van der Waals surface area contributed by atoms with Crippen LogP contribution in [0.1, 0.15) is 34.1 Å². The molecule has 0 aliphatic heterocycles. The Kier molecular flexibility index (Phi) is 6.03. The molecule has 1 amide bonds. The van der Waals surface area contributed by atoms with Crippen molar-refractivity contribution < 1.29 is 14.3 Å². The summed E-state index contributed by atoms with van der Waals surface area (Å²) in [5.74, 6) is 1.14. The van der Waals surface area contributed by atoms with Crippen molar-refractivity contribution in [3.8, 4) is 11.5 Å². The largest absolute Gasteiger partial charge is 0.493 e. The Balaban J connectivity index is 2.74. The summed E-state index contributed by atoms with van der Waals surface area (Å²) in [4.78, 5) is 12.0. The Morgan fingerprint density at radius 1 is 1.33 bits per heavy atom. The van der Waals surface area contributed by atoms with Crippen molar-refractivity contribution in [2.75, 3.05) is 19.0 Å². The van der Waals surface area contributed by atoms with Gasteiger partial charge in [0.05, 0.1) is 13.7 Å². The maximum atomic E-state index is 12.0. The molecule has 3 N–H and O–H groups in total. The standard InChI is InChI=1S/C16H26N2O3/c1-6-21-13-9-11(7-8-12(13)20-5)18-15(19)10-14(17)16(2,3)4/h7-9,14H,6,10,17H2,1-5H3,(H,18,19). The number of ether oxygens (including phenoxy) is 2. The number of anilines is 1. The minimum Gasteiger partial charge on any atom is -0.493 e. The number of benzene rings is 1. The molecule has 0 radical (unpaired) electrons. The molecule has 0 saturated carbocycles. The second kappa shape index (κ2) is 7.31. The molecular weight excluding hydrogens is 268 g/mol. The molecule has 1 aromatic carbocycles. The van der Waals surface area contributed by atoms with E-state index in [-0.39, 0.29) is 23.8 Å². The SMILES string of the molecule is CCOc1cc(NC(=O)CC(N)C(C)(C)C)ccc1OC. The lowest BCUT2D eigenvalue weighted by atomic mass is 9.85. The van der Waals surface area contributed by atoms with Gasteiger partial charge in [0.1, 0.15) is 0 Å². The monoisotopic (exact) mass is 294 g/mol. The summed E-state index contributed by atoms with van der Waals surface area (Å²) in [6, 6.07) is 5.11. The normalized spacial score (nSPS) is 12.7. The smallest absolute Gasteiger partial charge is 0.225 e. The Hall–Kier alpha value is -1.75. The van der Waals surface area contributed by atoms with Crippen molar-refractivity contribution in [2.45, 2.75) is 40.2 Å². The van der Waals surface area contributed by atoms with Gasteiger partial charge in [-0.2, -0.15) is 0 Å². The Labute approximate surface area is 126 Å². The molecule has 0 aromatic heterocycles. The fourth-order valence-corrected chi connectivity index (χ4v) is 1.74. The molecule has 1 unspecified atom stereocenters. The number of methoxy groups -OCH3 is 1. The Bertz CT molecular complexity index is 481. The van der Waals surface area contributed by atoms with Crippen LogP contribution in [0.15, 0.2) is 18.2 Å². The van der Waals surface area contributed by atoms with E-state index in [0.717, 1.165) is 0 Å². The van der Waals surface area contributed by atoms with E-state index in [4.69, 9.17) is 15.2 Å². The number of nitrogens with one attached hydrogen (secondary N) is 1. The summed E-state index contributed by atoms with van der Waals surface area (Å²) in [5.41, 5.74) is 6.59. The maximum absolute atomic E-state index is 12.0.